The van der Waals surface area contributed by atoms with Crippen molar-refractivity contribution in [3.8, 4) is 16.9 Å². The van der Waals surface area contributed by atoms with Gasteiger partial charge in [-0.15, -0.1) is 0 Å². The van der Waals surface area contributed by atoms with E-state index in [1.807, 2.05) is 26.1 Å². The molecule has 1 aliphatic carbocycles. The molecule has 0 atom stereocenters. The number of hydrogen-bond donors (Lipinski definition) is 2. The first-order valence-electron chi connectivity index (χ1n) is 11.8. The van der Waals surface area contributed by atoms with Crippen LogP contribution in [-0.4, -0.2) is 52.5 Å². The number of nitrogens with zero attached hydrogens (tertiary/aromatic N) is 2. The summed E-state index contributed by atoms with van der Waals surface area (Å²) in [5.41, 5.74) is 2.71. The largest absolute Gasteiger partial charge is 0.492 e. The zero-order valence-corrected chi connectivity index (χ0v) is 19.4. The molecule has 0 radical (unpaired) electrons. The molecule has 2 N–H and O–H groups in total. The molecule has 8 nitrogen and oxygen atoms in total. The molecule has 2 aromatic rings. The van der Waals surface area contributed by atoms with Crippen molar-refractivity contribution in [2.24, 2.45) is 0 Å². The highest BCUT2D eigenvalue weighted by atomic mass is 16.5. The van der Waals surface area contributed by atoms with Gasteiger partial charge in [0.25, 0.3) is 0 Å². The fraction of sp³-hybridized carbons (Fsp3) is 0.560. The Kier molecular flexibility index (Phi) is 7.45. The molecular weight excluding hydrogens is 422 g/mol. The third kappa shape index (κ3) is 5.28. The van der Waals surface area contributed by atoms with Gasteiger partial charge in [0.1, 0.15) is 17.1 Å². The molecule has 0 amide bonds. The van der Waals surface area contributed by atoms with Crippen molar-refractivity contribution in [1.82, 2.24) is 9.97 Å². The summed E-state index contributed by atoms with van der Waals surface area (Å²) in [6, 6.07) is 1.91. The van der Waals surface area contributed by atoms with Crippen molar-refractivity contribution in [3.63, 3.8) is 0 Å². The van der Waals surface area contributed by atoms with E-state index < -0.39 is 11.5 Å². The van der Waals surface area contributed by atoms with Crippen LogP contribution in [0.3, 0.4) is 0 Å². The highest BCUT2D eigenvalue weighted by molar-refractivity contribution is 5.83. The zero-order valence-electron chi connectivity index (χ0n) is 19.4. The Morgan fingerprint density at radius 1 is 1.21 bits per heavy atom. The minimum absolute atomic E-state index is 0.261. The van der Waals surface area contributed by atoms with E-state index in [0.717, 1.165) is 40.8 Å². The molecule has 1 aliphatic heterocycles. The number of hydrogen-bond acceptors (Lipinski definition) is 7. The van der Waals surface area contributed by atoms with Gasteiger partial charge in [0.15, 0.2) is 0 Å². The van der Waals surface area contributed by atoms with E-state index in [-0.39, 0.29) is 6.10 Å². The van der Waals surface area contributed by atoms with Crippen LogP contribution >= 0.6 is 0 Å². The molecule has 0 unspecified atom stereocenters. The van der Waals surface area contributed by atoms with E-state index in [2.05, 4.69) is 15.3 Å². The number of aliphatic carboxylic acids is 1. The van der Waals surface area contributed by atoms with Crippen LogP contribution in [0.5, 0.6) is 5.75 Å². The van der Waals surface area contributed by atoms with Gasteiger partial charge < -0.3 is 24.6 Å². The molecular formula is C25H33N3O5. The lowest BCUT2D eigenvalue weighted by Gasteiger charge is -2.34. The van der Waals surface area contributed by atoms with Crippen molar-refractivity contribution in [2.45, 2.75) is 70.6 Å². The second kappa shape index (κ2) is 10.5. The van der Waals surface area contributed by atoms with Gasteiger partial charge >= 0.3 is 5.97 Å². The summed E-state index contributed by atoms with van der Waals surface area (Å²) >= 11 is 0. The average Bonchev–Trinajstić information content (AvgIpc) is 3.34. The summed E-state index contributed by atoms with van der Waals surface area (Å²) in [4.78, 5) is 21.1. The number of ether oxygens (including phenoxy) is 3. The molecule has 3 heterocycles. The monoisotopic (exact) mass is 455 g/mol. The lowest BCUT2D eigenvalue weighted by molar-refractivity contribution is -0.145. The molecule has 8 heteroatoms. The van der Waals surface area contributed by atoms with Crippen LogP contribution < -0.4 is 10.1 Å². The first-order valence-corrected chi connectivity index (χ1v) is 11.8. The normalized spacial score (nSPS) is 18.2. The van der Waals surface area contributed by atoms with E-state index in [4.69, 9.17) is 14.2 Å². The minimum Gasteiger partial charge on any atom is -0.492 e. The fourth-order valence-electron chi connectivity index (χ4n) is 4.63. The van der Waals surface area contributed by atoms with Crippen LogP contribution in [-0.2, 0) is 20.9 Å². The maximum absolute atomic E-state index is 12.1. The van der Waals surface area contributed by atoms with Crippen LogP contribution in [0.4, 0.5) is 5.82 Å². The first-order chi connectivity index (χ1) is 16.0. The van der Waals surface area contributed by atoms with Crippen molar-refractivity contribution >= 4 is 11.8 Å². The molecule has 0 aromatic carbocycles. The number of carbonyl (C=O) groups is 1. The molecule has 0 spiro atoms. The van der Waals surface area contributed by atoms with Crippen LogP contribution in [0, 0.1) is 6.92 Å². The first kappa shape index (κ1) is 23.4. The molecule has 2 aromatic heterocycles. The van der Waals surface area contributed by atoms with E-state index in [1.54, 1.807) is 12.4 Å². The Morgan fingerprint density at radius 2 is 1.97 bits per heavy atom. The average molecular weight is 456 g/mol. The van der Waals surface area contributed by atoms with Gasteiger partial charge in [-0.2, -0.15) is 0 Å². The standard InChI is InChI=1S/C25H33N3O5/c1-3-32-22-15-26-13-20(17(22)2)21-14-27-23(12-18(21)16-33-19-6-4-5-7-19)28-25(24(29)30)8-10-31-11-9-25/h12-15,19H,3-11,16H2,1-2H3,(H,27,28)(H,29,30). The quantitative estimate of drug-likeness (QED) is 0.575. The lowest BCUT2D eigenvalue weighted by Crippen LogP contribution is -2.50. The predicted molar refractivity (Wildman–Crippen MR) is 124 cm³/mol. The highest BCUT2D eigenvalue weighted by Crippen LogP contribution is 2.34. The van der Waals surface area contributed by atoms with E-state index in [9.17, 15) is 9.90 Å². The Hall–Kier alpha value is -2.71. The third-order valence-electron chi connectivity index (χ3n) is 6.65. The molecule has 33 heavy (non-hydrogen) atoms. The Labute approximate surface area is 194 Å². The maximum Gasteiger partial charge on any atom is 0.329 e. The van der Waals surface area contributed by atoms with Gasteiger partial charge in [0, 0.05) is 55.1 Å². The Balaban J connectivity index is 1.67. The molecule has 2 fully saturated rings. The predicted octanol–water partition coefficient (Wildman–Crippen LogP) is 4.36. The van der Waals surface area contributed by atoms with Gasteiger partial charge in [0.2, 0.25) is 0 Å². The fourth-order valence-corrected chi connectivity index (χ4v) is 4.63. The van der Waals surface area contributed by atoms with Crippen molar-refractivity contribution in [1.29, 1.82) is 0 Å². The van der Waals surface area contributed by atoms with Gasteiger partial charge in [-0.05, 0) is 38.3 Å². The summed E-state index contributed by atoms with van der Waals surface area (Å²) in [5, 5.41) is 13.1. The molecule has 4 rings (SSSR count). The van der Waals surface area contributed by atoms with Gasteiger partial charge in [0.05, 0.1) is 25.5 Å². The smallest absolute Gasteiger partial charge is 0.329 e. The SMILES string of the molecule is CCOc1cncc(-c2cnc(NC3(C(=O)O)CCOCC3)cc2COC2CCCC2)c1C. The minimum atomic E-state index is -1.08. The molecule has 178 valence electrons. The second-order valence-corrected chi connectivity index (χ2v) is 8.81. The van der Waals surface area contributed by atoms with Gasteiger partial charge in [-0.1, -0.05) is 12.8 Å². The zero-order chi connectivity index (χ0) is 23.3. The highest BCUT2D eigenvalue weighted by Gasteiger charge is 2.40. The number of anilines is 1. The van der Waals surface area contributed by atoms with Crippen LogP contribution in [0.1, 0.15) is 56.6 Å². The molecule has 0 bridgehead atoms. The Morgan fingerprint density at radius 3 is 2.67 bits per heavy atom. The number of nitrogens with one attached hydrogen (secondary N) is 1. The molecule has 1 saturated carbocycles. The van der Waals surface area contributed by atoms with E-state index >= 15 is 0 Å². The topological polar surface area (TPSA) is 103 Å². The molecule has 1 saturated heterocycles. The molecule has 2 aliphatic rings. The lowest BCUT2D eigenvalue weighted by atomic mass is 9.90. The number of carboxylic acid groups (broad SMARTS) is 1. The van der Waals surface area contributed by atoms with Crippen LogP contribution in [0.2, 0.25) is 0 Å². The maximum atomic E-state index is 12.1. The summed E-state index contributed by atoms with van der Waals surface area (Å²) in [6.07, 6.45) is 10.9. The van der Waals surface area contributed by atoms with Crippen molar-refractivity contribution in [3.05, 3.63) is 35.8 Å². The number of rotatable bonds is 9. The Bertz CT molecular complexity index is 969. The van der Waals surface area contributed by atoms with E-state index in [0.29, 0.717) is 45.1 Å². The summed E-state index contributed by atoms with van der Waals surface area (Å²) in [5.74, 6) is 0.386. The summed E-state index contributed by atoms with van der Waals surface area (Å²) in [7, 11) is 0. The van der Waals surface area contributed by atoms with E-state index in [1.165, 1.54) is 12.8 Å². The van der Waals surface area contributed by atoms with Crippen molar-refractivity contribution in [2.75, 3.05) is 25.1 Å². The number of pyridine rings is 2. The van der Waals surface area contributed by atoms with Crippen molar-refractivity contribution < 1.29 is 24.1 Å². The number of carboxylic acids is 1. The second-order valence-electron chi connectivity index (χ2n) is 8.81. The summed E-state index contributed by atoms with van der Waals surface area (Å²) < 4.78 is 17.4. The third-order valence-corrected chi connectivity index (χ3v) is 6.65. The summed E-state index contributed by atoms with van der Waals surface area (Å²) in [6.45, 7) is 5.76. The van der Waals surface area contributed by atoms with Gasteiger partial charge in [-0.3, -0.25) is 4.98 Å². The van der Waals surface area contributed by atoms with Gasteiger partial charge in [-0.25, -0.2) is 9.78 Å². The number of aromatic nitrogens is 2. The van der Waals surface area contributed by atoms with Crippen LogP contribution in [0.25, 0.3) is 11.1 Å². The van der Waals surface area contributed by atoms with Crippen LogP contribution in [0.15, 0.2) is 24.7 Å².